The van der Waals surface area contributed by atoms with E-state index in [1.165, 1.54) is 6.07 Å². The molecular weight excluding hydrogens is 237 g/mol. The maximum Gasteiger partial charge on any atom is 0.131 e. The number of nitrogens with two attached hydrogens (primary N) is 1. The van der Waals surface area contributed by atoms with Gasteiger partial charge in [0, 0.05) is 24.3 Å². The van der Waals surface area contributed by atoms with Crippen molar-refractivity contribution in [2.24, 2.45) is 5.73 Å². The molecule has 1 rings (SSSR count). The summed E-state index contributed by atoms with van der Waals surface area (Å²) in [4.78, 5) is 0. The van der Waals surface area contributed by atoms with Crippen LogP contribution in [0.15, 0.2) is 18.2 Å². The van der Waals surface area contributed by atoms with Gasteiger partial charge in [-0.2, -0.15) is 0 Å². The Bertz CT molecular complexity index is 371. The lowest BCUT2D eigenvalue weighted by atomic mass is 10.1. The molecule has 5 heteroatoms. The molecule has 0 aliphatic rings. The van der Waals surface area contributed by atoms with Gasteiger partial charge in [-0.1, -0.05) is 6.07 Å². The lowest BCUT2D eigenvalue weighted by Crippen LogP contribution is -2.23. The van der Waals surface area contributed by atoms with Crippen molar-refractivity contribution in [1.82, 2.24) is 0 Å². The average Bonchev–Trinajstić information content (AvgIpc) is 2.33. The molecule has 102 valence electrons. The number of aliphatic hydroxyl groups is 1. The zero-order valence-electron chi connectivity index (χ0n) is 10.7. The molecule has 0 saturated carbocycles. The zero-order chi connectivity index (χ0) is 13.5. The van der Waals surface area contributed by atoms with Gasteiger partial charge in [0.15, 0.2) is 0 Å². The lowest BCUT2D eigenvalue weighted by Gasteiger charge is -2.13. The van der Waals surface area contributed by atoms with E-state index in [0.717, 1.165) is 0 Å². The highest BCUT2D eigenvalue weighted by molar-refractivity contribution is 5.30. The van der Waals surface area contributed by atoms with Crippen LogP contribution in [0.3, 0.4) is 0 Å². The smallest absolute Gasteiger partial charge is 0.131 e. The van der Waals surface area contributed by atoms with Crippen molar-refractivity contribution in [3.63, 3.8) is 0 Å². The van der Waals surface area contributed by atoms with E-state index >= 15 is 0 Å². The van der Waals surface area contributed by atoms with Crippen LogP contribution in [0.25, 0.3) is 0 Å². The molecule has 2 atom stereocenters. The Labute approximate surface area is 107 Å². The van der Waals surface area contributed by atoms with Crippen LogP contribution < -0.4 is 10.5 Å². The number of halogens is 1. The van der Waals surface area contributed by atoms with Crippen molar-refractivity contribution in [1.29, 1.82) is 0 Å². The first kappa shape index (κ1) is 14.9. The lowest BCUT2D eigenvalue weighted by molar-refractivity contribution is 0.0164. The number of ether oxygens (including phenoxy) is 2. The van der Waals surface area contributed by atoms with Crippen LogP contribution in [0.5, 0.6) is 5.75 Å². The largest absolute Gasteiger partial charge is 0.491 e. The molecule has 0 aliphatic carbocycles. The highest BCUT2D eigenvalue weighted by Gasteiger charge is 2.09. The first-order valence-corrected chi connectivity index (χ1v) is 5.98. The third-order valence-electron chi connectivity index (χ3n) is 2.42. The highest BCUT2D eigenvalue weighted by Crippen LogP contribution is 2.20. The molecule has 1 aromatic rings. The molecule has 0 amide bonds. The summed E-state index contributed by atoms with van der Waals surface area (Å²) >= 11 is 0. The molecule has 0 radical (unpaired) electrons. The maximum absolute atomic E-state index is 13.6. The van der Waals surface area contributed by atoms with E-state index in [4.69, 9.17) is 15.2 Å². The summed E-state index contributed by atoms with van der Waals surface area (Å²) in [6.07, 6.45) is -0.721. The van der Waals surface area contributed by atoms with Gasteiger partial charge in [-0.15, -0.1) is 0 Å². The fourth-order valence-corrected chi connectivity index (χ4v) is 1.46. The maximum atomic E-state index is 13.6. The number of aliphatic hydroxyl groups excluding tert-OH is 1. The predicted molar refractivity (Wildman–Crippen MR) is 67.0 cm³/mol. The summed E-state index contributed by atoms with van der Waals surface area (Å²) in [5.41, 5.74) is 6.05. The van der Waals surface area contributed by atoms with Crippen LogP contribution >= 0.6 is 0 Å². The Kier molecular flexibility index (Phi) is 6.04. The molecule has 0 aromatic heterocycles. The van der Waals surface area contributed by atoms with E-state index in [0.29, 0.717) is 17.9 Å². The van der Waals surface area contributed by atoms with Crippen LogP contribution in [0.1, 0.15) is 25.5 Å². The van der Waals surface area contributed by atoms with Crippen LogP contribution in [0, 0.1) is 5.82 Å². The second kappa shape index (κ2) is 7.31. The van der Waals surface area contributed by atoms with Crippen LogP contribution in [-0.4, -0.2) is 31.0 Å². The van der Waals surface area contributed by atoms with Crippen LogP contribution in [0.4, 0.5) is 4.39 Å². The number of benzene rings is 1. The molecule has 1 unspecified atom stereocenters. The molecule has 0 saturated heterocycles. The Morgan fingerprint density at radius 2 is 2.11 bits per heavy atom. The van der Waals surface area contributed by atoms with Crippen molar-refractivity contribution in [3.8, 4) is 5.75 Å². The Hall–Kier alpha value is -1.17. The van der Waals surface area contributed by atoms with Gasteiger partial charge < -0.3 is 20.3 Å². The summed E-state index contributed by atoms with van der Waals surface area (Å²) in [7, 11) is 0. The molecule has 1 aromatic carbocycles. The van der Waals surface area contributed by atoms with E-state index in [1.807, 2.05) is 6.92 Å². The summed E-state index contributed by atoms with van der Waals surface area (Å²) in [6.45, 7) is 4.36. The van der Waals surface area contributed by atoms with E-state index in [-0.39, 0.29) is 19.3 Å². The van der Waals surface area contributed by atoms with E-state index in [2.05, 4.69) is 0 Å². The molecule has 4 nitrogen and oxygen atoms in total. The predicted octanol–water partition coefficient (Wildman–Crippen LogP) is 1.62. The SMILES string of the molecule is CCOCC(O)COc1ccc([C@H](C)N)c(F)c1. The molecule has 0 bridgehead atoms. The van der Waals surface area contributed by atoms with Crippen molar-refractivity contribution < 1.29 is 19.0 Å². The number of hydrogen-bond acceptors (Lipinski definition) is 4. The molecule has 0 heterocycles. The van der Waals surface area contributed by atoms with Gasteiger partial charge in [-0.25, -0.2) is 4.39 Å². The zero-order valence-corrected chi connectivity index (χ0v) is 10.7. The topological polar surface area (TPSA) is 64.7 Å². The first-order chi connectivity index (χ1) is 8.54. The summed E-state index contributed by atoms with van der Waals surface area (Å²) in [5, 5.41) is 9.49. The Morgan fingerprint density at radius 3 is 2.67 bits per heavy atom. The van der Waals surface area contributed by atoms with Gasteiger partial charge in [0.1, 0.15) is 24.3 Å². The van der Waals surface area contributed by atoms with Gasteiger partial charge in [0.05, 0.1) is 6.61 Å². The van der Waals surface area contributed by atoms with Gasteiger partial charge in [-0.3, -0.25) is 0 Å². The minimum absolute atomic E-state index is 0.0664. The minimum atomic E-state index is -0.721. The molecule has 0 spiro atoms. The van der Waals surface area contributed by atoms with Crippen molar-refractivity contribution in [3.05, 3.63) is 29.6 Å². The molecule has 0 aliphatic heterocycles. The summed E-state index contributed by atoms with van der Waals surface area (Å²) < 4.78 is 23.9. The van der Waals surface area contributed by atoms with Gasteiger partial charge in [0.2, 0.25) is 0 Å². The quantitative estimate of drug-likeness (QED) is 0.779. The van der Waals surface area contributed by atoms with E-state index < -0.39 is 11.9 Å². The fourth-order valence-electron chi connectivity index (χ4n) is 1.46. The second-order valence-electron chi connectivity index (χ2n) is 4.10. The third-order valence-corrected chi connectivity index (χ3v) is 2.42. The van der Waals surface area contributed by atoms with Gasteiger partial charge in [-0.05, 0) is 19.9 Å². The van der Waals surface area contributed by atoms with Crippen LogP contribution in [-0.2, 0) is 4.74 Å². The van der Waals surface area contributed by atoms with Gasteiger partial charge >= 0.3 is 0 Å². The van der Waals surface area contributed by atoms with Gasteiger partial charge in [0.25, 0.3) is 0 Å². The standard InChI is InChI=1S/C13H20FNO3/c1-3-17-7-10(16)8-18-11-4-5-12(9(2)15)13(14)6-11/h4-6,9-10,16H,3,7-8,15H2,1-2H3/t9-,10?/m0/s1. The van der Waals surface area contributed by atoms with E-state index in [1.54, 1.807) is 19.1 Å². The molecule has 18 heavy (non-hydrogen) atoms. The normalized spacial score (nSPS) is 14.3. The fraction of sp³-hybridized carbons (Fsp3) is 0.538. The second-order valence-corrected chi connectivity index (χ2v) is 4.10. The third kappa shape index (κ3) is 4.60. The monoisotopic (exact) mass is 257 g/mol. The van der Waals surface area contributed by atoms with Crippen molar-refractivity contribution >= 4 is 0 Å². The molecule has 0 fully saturated rings. The van der Waals surface area contributed by atoms with Crippen molar-refractivity contribution in [2.75, 3.05) is 19.8 Å². The first-order valence-electron chi connectivity index (χ1n) is 5.98. The van der Waals surface area contributed by atoms with Crippen molar-refractivity contribution in [2.45, 2.75) is 26.0 Å². The Morgan fingerprint density at radius 1 is 1.39 bits per heavy atom. The molecular formula is C13H20FNO3. The van der Waals surface area contributed by atoms with Crippen LogP contribution in [0.2, 0.25) is 0 Å². The summed E-state index contributed by atoms with van der Waals surface area (Å²) in [6, 6.07) is 4.13. The summed E-state index contributed by atoms with van der Waals surface area (Å²) in [5.74, 6) is -0.0331. The highest BCUT2D eigenvalue weighted by atomic mass is 19.1. The Balaban J connectivity index is 2.51. The number of rotatable bonds is 7. The number of hydrogen-bond donors (Lipinski definition) is 2. The average molecular weight is 257 g/mol. The minimum Gasteiger partial charge on any atom is -0.491 e. The van der Waals surface area contributed by atoms with E-state index in [9.17, 15) is 9.50 Å². The molecule has 3 N–H and O–H groups in total.